The van der Waals surface area contributed by atoms with Crippen LogP contribution in [0.15, 0.2) is 12.4 Å². The first-order chi connectivity index (χ1) is 8.83. The van der Waals surface area contributed by atoms with Crippen molar-refractivity contribution in [2.75, 3.05) is 13.2 Å². The van der Waals surface area contributed by atoms with Crippen molar-refractivity contribution in [2.24, 2.45) is 5.92 Å². The number of carbonyl (C=O) groups is 1. The molecule has 18 heavy (non-hydrogen) atoms. The summed E-state index contributed by atoms with van der Waals surface area (Å²) in [6, 6.07) is 0.252. The topological polar surface area (TPSA) is 56.2 Å². The van der Waals surface area contributed by atoms with Crippen LogP contribution in [0.1, 0.15) is 25.1 Å². The van der Waals surface area contributed by atoms with Gasteiger partial charge in [0.2, 0.25) is 5.91 Å². The molecule has 2 aliphatic rings. The second-order valence-corrected chi connectivity index (χ2v) is 5.13. The quantitative estimate of drug-likeness (QED) is 0.841. The Morgan fingerprint density at radius 1 is 1.39 bits per heavy atom. The predicted molar refractivity (Wildman–Crippen MR) is 66.0 cm³/mol. The van der Waals surface area contributed by atoms with E-state index < -0.39 is 0 Å². The molecule has 1 atom stereocenters. The van der Waals surface area contributed by atoms with E-state index in [9.17, 15) is 4.79 Å². The molecular formula is C13H19N3O2. The van der Waals surface area contributed by atoms with Crippen LogP contribution in [0.3, 0.4) is 0 Å². The van der Waals surface area contributed by atoms with E-state index in [1.54, 1.807) is 0 Å². The monoisotopic (exact) mass is 249 g/mol. The van der Waals surface area contributed by atoms with Crippen LogP contribution in [0.2, 0.25) is 0 Å². The standard InChI is InChI=1S/C13H19N3O2/c17-13(10-3-7-18-8-4-10)15-11-1-2-12-14-5-6-16(12)9-11/h5-6,10-11H,1-4,7-9H2,(H,15,17). The first-order valence-electron chi connectivity index (χ1n) is 6.71. The van der Waals surface area contributed by atoms with Crippen LogP contribution in [0, 0.1) is 5.92 Å². The molecule has 0 aliphatic carbocycles. The number of nitrogens with one attached hydrogen (secondary N) is 1. The van der Waals surface area contributed by atoms with Gasteiger partial charge in [-0.25, -0.2) is 4.98 Å². The molecule has 1 saturated heterocycles. The van der Waals surface area contributed by atoms with Crippen LogP contribution in [0.25, 0.3) is 0 Å². The summed E-state index contributed by atoms with van der Waals surface area (Å²) >= 11 is 0. The zero-order valence-electron chi connectivity index (χ0n) is 10.5. The summed E-state index contributed by atoms with van der Waals surface area (Å²) in [4.78, 5) is 16.4. The van der Waals surface area contributed by atoms with Crippen LogP contribution in [0.4, 0.5) is 0 Å². The highest BCUT2D eigenvalue weighted by molar-refractivity contribution is 5.79. The summed E-state index contributed by atoms with van der Waals surface area (Å²) in [6.45, 7) is 2.28. The van der Waals surface area contributed by atoms with Gasteiger partial charge in [0.25, 0.3) is 0 Å². The van der Waals surface area contributed by atoms with Crippen molar-refractivity contribution >= 4 is 5.91 Å². The Kier molecular flexibility index (Phi) is 3.32. The first kappa shape index (κ1) is 11.7. The van der Waals surface area contributed by atoms with Crippen molar-refractivity contribution in [1.29, 1.82) is 0 Å². The maximum absolute atomic E-state index is 12.1. The van der Waals surface area contributed by atoms with Crippen LogP contribution in [-0.4, -0.2) is 34.7 Å². The second-order valence-electron chi connectivity index (χ2n) is 5.13. The molecule has 3 rings (SSSR count). The maximum atomic E-state index is 12.1. The number of hydrogen-bond donors (Lipinski definition) is 1. The fourth-order valence-electron chi connectivity index (χ4n) is 2.76. The summed E-state index contributed by atoms with van der Waals surface area (Å²) in [6.07, 6.45) is 7.47. The molecule has 1 N–H and O–H groups in total. The van der Waals surface area contributed by atoms with Gasteiger partial charge >= 0.3 is 0 Å². The third kappa shape index (κ3) is 2.41. The molecule has 0 radical (unpaired) electrons. The minimum Gasteiger partial charge on any atom is -0.381 e. The molecule has 1 fully saturated rings. The van der Waals surface area contributed by atoms with Gasteiger partial charge in [-0.15, -0.1) is 0 Å². The lowest BCUT2D eigenvalue weighted by Gasteiger charge is -2.28. The van der Waals surface area contributed by atoms with Crippen molar-refractivity contribution in [3.8, 4) is 0 Å². The Morgan fingerprint density at radius 3 is 3.06 bits per heavy atom. The Hall–Kier alpha value is -1.36. The molecule has 1 aromatic heterocycles. The van der Waals surface area contributed by atoms with Gasteiger partial charge < -0.3 is 14.6 Å². The number of fused-ring (bicyclic) bond motifs is 1. The minimum atomic E-state index is 0.142. The van der Waals surface area contributed by atoms with Crippen molar-refractivity contribution in [2.45, 2.75) is 38.3 Å². The smallest absolute Gasteiger partial charge is 0.223 e. The number of aryl methyl sites for hydroxylation is 1. The number of rotatable bonds is 2. The van der Waals surface area contributed by atoms with Crippen molar-refractivity contribution in [1.82, 2.24) is 14.9 Å². The SMILES string of the molecule is O=C(NC1CCc2nccn2C1)C1CCOCC1. The van der Waals surface area contributed by atoms with Gasteiger partial charge in [0, 0.05) is 50.5 Å². The molecule has 3 heterocycles. The number of nitrogens with zero attached hydrogens (tertiary/aromatic N) is 2. The number of amides is 1. The lowest BCUT2D eigenvalue weighted by Crippen LogP contribution is -2.44. The molecule has 98 valence electrons. The van der Waals surface area contributed by atoms with Crippen LogP contribution in [-0.2, 0) is 22.5 Å². The molecule has 5 nitrogen and oxygen atoms in total. The van der Waals surface area contributed by atoms with Gasteiger partial charge in [-0.3, -0.25) is 4.79 Å². The predicted octanol–water partition coefficient (Wildman–Crippen LogP) is 0.741. The number of imidazole rings is 1. The van der Waals surface area contributed by atoms with Crippen LogP contribution in [0.5, 0.6) is 0 Å². The molecule has 0 aromatic carbocycles. The maximum Gasteiger partial charge on any atom is 0.223 e. The lowest BCUT2D eigenvalue weighted by molar-refractivity contribution is -0.128. The van der Waals surface area contributed by atoms with Gasteiger partial charge in [0.1, 0.15) is 5.82 Å². The van der Waals surface area contributed by atoms with Crippen molar-refractivity contribution in [3.05, 3.63) is 18.2 Å². The number of aromatic nitrogens is 2. The lowest BCUT2D eigenvalue weighted by atomic mass is 9.98. The van der Waals surface area contributed by atoms with Gasteiger partial charge in [0.15, 0.2) is 0 Å². The fourth-order valence-corrected chi connectivity index (χ4v) is 2.76. The molecule has 1 unspecified atom stereocenters. The van der Waals surface area contributed by atoms with Gasteiger partial charge in [-0.05, 0) is 19.3 Å². The number of carbonyl (C=O) groups excluding carboxylic acids is 1. The average Bonchev–Trinajstić information content (AvgIpc) is 2.87. The van der Waals surface area contributed by atoms with E-state index in [2.05, 4.69) is 14.9 Å². The van der Waals surface area contributed by atoms with E-state index in [0.29, 0.717) is 13.2 Å². The summed E-state index contributed by atoms with van der Waals surface area (Å²) in [5, 5.41) is 3.18. The fraction of sp³-hybridized carbons (Fsp3) is 0.692. The van der Waals surface area contributed by atoms with Crippen LogP contribution < -0.4 is 5.32 Å². The third-order valence-corrected chi connectivity index (χ3v) is 3.87. The van der Waals surface area contributed by atoms with E-state index in [4.69, 9.17) is 4.74 Å². The molecule has 0 bridgehead atoms. The molecule has 2 aliphatic heterocycles. The van der Waals surface area contributed by atoms with Gasteiger partial charge in [-0.1, -0.05) is 0 Å². The highest BCUT2D eigenvalue weighted by Crippen LogP contribution is 2.17. The van der Waals surface area contributed by atoms with Crippen molar-refractivity contribution in [3.63, 3.8) is 0 Å². The highest BCUT2D eigenvalue weighted by atomic mass is 16.5. The Balaban J connectivity index is 1.56. The zero-order chi connectivity index (χ0) is 12.4. The number of ether oxygens (including phenoxy) is 1. The third-order valence-electron chi connectivity index (χ3n) is 3.87. The largest absolute Gasteiger partial charge is 0.381 e. The van der Waals surface area contributed by atoms with E-state index in [1.165, 1.54) is 0 Å². The Morgan fingerprint density at radius 2 is 2.22 bits per heavy atom. The molecule has 0 saturated carbocycles. The van der Waals surface area contributed by atoms with E-state index in [0.717, 1.165) is 38.1 Å². The minimum absolute atomic E-state index is 0.142. The van der Waals surface area contributed by atoms with E-state index in [1.807, 2.05) is 12.4 Å². The molecule has 0 spiro atoms. The molecule has 1 aromatic rings. The molecule has 5 heteroatoms. The average molecular weight is 249 g/mol. The zero-order valence-corrected chi connectivity index (χ0v) is 10.5. The van der Waals surface area contributed by atoms with E-state index >= 15 is 0 Å². The first-order valence-corrected chi connectivity index (χ1v) is 6.71. The number of hydrogen-bond acceptors (Lipinski definition) is 3. The summed E-state index contributed by atoms with van der Waals surface area (Å²) in [7, 11) is 0. The molecule has 1 amide bonds. The summed E-state index contributed by atoms with van der Waals surface area (Å²) < 4.78 is 7.42. The summed E-state index contributed by atoms with van der Waals surface area (Å²) in [5.41, 5.74) is 0. The van der Waals surface area contributed by atoms with E-state index in [-0.39, 0.29) is 17.9 Å². The Bertz CT molecular complexity index is 424. The second kappa shape index (κ2) is 5.10. The summed E-state index contributed by atoms with van der Waals surface area (Å²) in [5.74, 6) is 1.47. The van der Waals surface area contributed by atoms with Gasteiger partial charge in [0.05, 0.1) is 0 Å². The van der Waals surface area contributed by atoms with Crippen LogP contribution >= 0.6 is 0 Å². The van der Waals surface area contributed by atoms with Crippen molar-refractivity contribution < 1.29 is 9.53 Å². The normalized spacial score (nSPS) is 24.6. The highest BCUT2D eigenvalue weighted by Gasteiger charge is 2.25. The van der Waals surface area contributed by atoms with Gasteiger partial charge in [-0.2, -0.15) is 0 Å². The Labute approximate surface area is 107 Å². The molecular weight excluding hydrogens is 230 g/mol.